The molecule has 0 unspecified atom stereocenters. The second kappa shape index (κ2) is 9.53. The Kier molecular flexibility index (Phi) is 6.78. The number of halogens is 3. The van der Waals surface area contributed by atoms with Gasteiger partial charge in [-0.3, -0.25) is 9.59 Å². The second-order valence-electron chi connectivity index (χ2n) is 9.10. The first kappa shape index (κ1) is 25.6. The van der Waals surface area contributed by atoms with Crippen LogP contribution in [-0.2, 0) is 10.9 Å². The summed E-state index contributed by atoms with van der Waals surface area (Å²) in [4.78, 5) is 37.3. The molecule has 0 bridgehead atoms. The molecule has 4 rings (SSSR count). The van der Waals surface area contributed by atoms with E-state index >= 15 is 0 Å². The van der Waals surface area contributed by atoms with E-state index in [0.29, 0.717) is 18.7 Å². The number of carbonyl (C=O) groups is 1. The number of hydrogen-bond acceptors (Lipinski definition) is 6. The van der Waals surface area contributed by atoms with E-state index in [0.717, 1.165) is 0 Å². The topological polar surface area (TPSA) is 97.4 Å². The number of ether oxygens (including phenoxy) is 2. The summed E-state index contributed by atoms with van der Waals surface area (Å²) in [5, 5.41) is -0.0195. The van der Waals surface area contributed by atoms with Gasteiger partial charge in [0.05, 0.1) is 17.6 Å². The average Bonchev–Trinajstić information content (AvgIpc) is 2.77. The third-order valence-electron chi connectivity index (χ3n) is 6.07. The number of amides is 1. The highest BCUT2D eigenvalue weighted by Crippen LogP contribution is 2.38. The van der Waals surface area contributed by atoms with Gasteiger partial charge in [0.15, 0.2) is 11.3 Å². The lowest BCUT2D eigenvalue weighted by Crippen LogP contribution is -2.48. The number of aromatic nitrogens is 3. The van der Waals surface area contributed by atoms with Gasteiger partial charge in [-0.25, -0.2) is 9.97 Å². The minimum absolute atomic E-state index is 0.0195. The van der Waals surface area contributed by atoms with Crippen LogP contribution >= 0.6 is 0 Å². The van der Waals surface area contributed by atoms with Crippen molar-refractivity contribution in [3.8, 4) is 5.75 Å². The van der Waals surface area contributed by atoms with Gasteiger partial charge in [0, 0.05) is 24.2 Å². The minimum atomic E-state index is -4.78. The zero-order chi connectivity index (χ0) is 26.4. The quantitative estimate of drug-likeness (QED) is 0.568. The molecule has 192 valence electrons. The molecule has 3 aromatic rings. The lowest BCUT2D eigenvalue weighted by molar-refractivity contribution is -0.142. The molecule has 1 N–H and O–H groups in total. The van der Waals surface area contributed by atoms with Gasteiger partial charge in [-0.15, -0.1) is 0 Å². The smallest absolute Gasteiger partial charge is 0.433 e. The first-order chi connectivity index (χ1) is 16.8. The number of H-pyrrole nitrogens is 1. The average molecular weight is 505 g/mol. The summed E-state index contributed by atoms with van der Waals surface area (Å²) in [6.45, 7) is 9.10. The van der Waals surface area contributed by atoms with E-state index in [2.05, 4.69) is 15.0 Å². The van der Waals surface area contributed by atoms with Crippen molar-refractivity contribution < 1.29 is 27.4 Å². The maximum atomic E-state index is 13.9. The lowest BCUT2D eigenvalue weighted by Gasteiger charge is -2.35. The van der Waals surface area contributed by atoms with Crippen molar-refractivity contribution in [2.75, 3.05) is 13.1 Å². The van der Waals surface area contributed by atoms with Crippen LogP contribution in [0.25, 0.3) is 11.0 Å². The van der Waals surface area contributed by atoms with Crippen molar-refractivity contribution in [1.82, 2.24) is 19.9 Å². The fourth-order valence-corrected chi connectivity index (χ4v) is 4.65. The Morgan fingerprint density at radius 3 is 2.33 bits per heavy atom. The van der Waals surface area contributed by atoms with Gasteiger partial charge < -0.3 is 19.4 Å². The van der Waals surface area contributed by atoms with Crippen LogP contribution in [0.4, 0.5) is 13.2 Å². The zero-order valence-electron chi connectivity index (χ0n) is 20.6. The van der Waals surface area contributed by atoms with Crippen LogP contribution in [0.1, 0.15) is 59.9 Å². The van der Waals surface area contributed by atoms with Crippen molar-refractivity contribution in [3.05, 3.63) is 62.8 Å². The SMILES string of the molecule is Cc1nc2nc(C(F)(F)F)c([C@H](C)Oc3ccc(C(=O)N4C[C@@H](C)O[C@@H](C)C4)cc3)c(C)c2c(=O)[nH]1. The number of benzene rings is 1. The monoisotopic (exact) mass is 504 g/mol. The maximum absolute atomic E-state index is 13.9. The summed E-state index contributed by atoms with van der Waals surface area (Å²) in [5.74, 6) is 0.277. The molecule has 0 radical (unpaired) electrons. The van der Waals surface area contributed by atoms with Crippen molar-refractivity contribution >= 4 is 16.9 Å². The highest BCUT2D eigenvalue weighted by atomic mass is 19.4. The number of pyridine rings is 1. The lowest BCUT2D eigenvalue weighted by atomic mass is 9.99. The van der Waals surface area contributed by atoms with E-state index in [1.807, 2.05) is 13.8 Å². The third kappa shape index (κ3) is 5.06. The molecule has 3 heterocycles. The van der Waals surface area contributed by atoms with Crippen molar-refractivity contribution in [2.24, 2.45) is 0 Å². The highest BCUT2D eigenvalue weighted by molar-refractivity contribution is 5.94. The van der Waals surface area contributed by atoms with E-state index in [1.54, 1.807) is 17.0 Å². The number of nitrogens with one attached hydrogen (secondary N) is 1. The largest absolute Gasteiger partial charge is 0.486 e. The molecule has 0 spiro atoms. The van der Waals surface area contributed by atoms with Crippen LogP contribution in [0, 0.1) is 13.8 Å². The van der Waals surface area contributed by atoms with Gasteiger partial charge in [-0.1, -0.05) is 0 Å². The number of aromatic amines is 1. The minimum Gasteiger partial charge on any atom is -0.486 e. The van der Waals surface area contributed by atoms with Crippen LogP contribution in [0.5, 0.6) is 5.75 Å². The molecule has 3 atom stereocenters. The summed E-state index contributed by atoms with van der Waals surface area (Å²) in [6.07, 6.45) is -6.03. The Hall–Kier alpha value is -3.47. The molecule has 0 saturated carbocycles. The number of hydrogen-bond donors (Lipinski definition) is 1. The molecule has 1 amide bonds. The number of fused-ring (bicyclic) bond motifs is 1. The van der Waals surface area contributed by atoms with Gasteiger partial charge >= 0.3 is 6.18 Å². The van der Waals surface area contributed by atoms with Gasteiger partial charge in [0.1, 0.15) is 17.7 Å². The standard InChI is InChI=1S/C25H27F3N4O4/c1-12-10-32(11-13(2)35-12)24(34)17-6-8-18(9-7-17)36-15(4)19-14(3)20-22(29-16(5)30-23(20)33)31-21(19)25(26,27)28/h6-9,12-13,15H,10-11H2,1-5H3,(H,29,30,31,33)/t12-,13+,15-/m0/s1. The molecule has 1 saturated heterocycles. The fourth-order valence-electron chi connectivity index (χ4n) is 4.65. The third-order valence-corrected chi connectivity index (χ3v) is 6.07. The number of alkyl halides is 3. The number of rotatable bonds is 4. The van der Waals surface area contributed by atoms with Gasteiger partial charge in [0.25, 0.3) is 11.5 Å². The summed E-state index contributed by atoms with van der Waals surface area (Å²) >= 11 is 0. The molecule has 36 heavy (non-hydrogen) atoms. The zero-order valence-corrected chi connectivity index (χ0v) is 20.6. The fraction of sp³-hybridized carbons (Fsp3) is 0.440. The number of carbonyl (C=O) groups excluding carboxylic acids is 1. The van der Waals surface area contributed by atoms with E-state index in [1.165, 1.54) is 32.9 Å². The maximum Gasteiger partial charge on any atom is 0.433 e. The molecule has 0 aliphatic carbocycles. The molecule has 2 aromatic heterocycles. The Morgan fingerprint density at radius 2 is 1.75 bits per heavy atom. The summed E-state index contributed by atoms with van der Waals surface area (Å²) in [7, 11) is 0. The molecule has 8 nitrogen and oxygen atoms in total. The first-order valence-electron chi connectivity index (χ1n) is 11.5. The van der Waals surface area contributed by atoms with Gasteiger partial charge in [-0.2, -0.15) is 13.2 Å². The molecule has 1 fully saturated rings. The van der Waals surface area contributed by atoms with E-state index in [9.17, 15) is 22.8 Å². The normalized spacial score (nSPS) is 19.4. The Morgan fingerprint density at radius 1 is 1.14 bits per heavy atom. The number of nitrogens with zero attached hydrogens (tertiary/aromatic N) is 3. The van der Waals surface area contributed by atoms with Crippen LogP contribution < -0.4 is 10.3 Å². The second-order valence-corrected chi connectivity index (χ2v) is 9.10. The Bertz CT molecular complexity index is 1340. The predicted octanol–water partition coefficient (Wildman–Crippen LogP) is 4.34. The van der Waals surface area contributed by atoms with Crippen LogP contribution in [0.3, 0.4) is 0 Å². The Balaban J connectivity index is 1.63. The first-order valence-corrected chi connectivity index (χ1v) is 11.5. The van der Waals surface area contributed by atoms with Crippen molar-refractivity contribution in [3.63, 3.8) is 0 Å². The number of morpholine rings is 1. The summed E-state index contributed by atoms with van der Waals surface area (Å²) < 4.78 is 53.3. The predicted molar refractivity (Wildman–Crippen MR) is 126 cm³/mol. The summed E-state index contributed by atoms with van der Waals surface area (Å²) in [5.41, 5.74) is -1.71. The molecule has 11 heteroatoms. The van der Waals surface area contributed by atoms with E-state index in [-0.39, 0.29) is 51.8 Å². The van der Waals surface area contributed by atoms with Gasteiger partial charge in [0.2, 0.25) is 0 Å². The van der Waals surface area contributed by atoms with Gasteiger partial charge in [-0.05, 0) is 64.4 Å². The van der Waals surface area contributed by atoms with Crippen LogP contribution in [-0.4, -0.2) is 51.1 Å². The molecule has 1 aromatic carbocycles. The highest BCUT2D eigenvalue weighted by Gasteiger charge is 2.39. The molecule has 1 aliphatic rings. The molecule has 1 aliphatic heterocycles. The van der Waals surface area contributed by atoms with Crippen LogP contribution in [0.15, 0.2) is 29.1 Å². The molecular weight excluding hydrogens is 477 g/mol. The van der Waals surface area contributed by atoms with Crippen molar-refractivity contribution in [2.45, 2.75) is 59.1 Å². The summed E-state index contributed by atoms with van der Waals surface area (Å²) in [6, 6.07) is 6.21. The Labute approximate surface area is 205 Å². The number of aryl methyl sites for hydroxylation is 2. The molecular formula is C25H27F3N4O4. The van der Waals surface area contributed by atoms with E-state index < -0.39 is 23.5 Å². The van der Waals surface area contributed by atoms with Crippen molar-refractivity contribution in [1.29, 1.82) is 0 Å². The van der Waals surface area contributed by atoms with E-state index in [4.69, 9.17) is 9.47 Å². The van der Waals surface area contributed by atoms with Crippen LogP contribution in [0.2, 0.25) is 0 Å².